The van der Waals surface area contributed by atoms with Crippen LogP contribution in [0.25, 0.3) is 0 Å². The van der Waals surface area contributed by atoms with E-state index in [9.17, 15) is 0 Å². The maximum atomic E-state index is 5.81. The van der Waals surface area contributed by atoms with Crippen LogP contribution in [-0.4, -0.2) is 25.7 Å². The van der Waals surface area contributed by atoms with Crippen molar-refractivity contribution in [1.82, 2.24) is 5.32 Å². The predicted octanol–water partition coefficient (Wildman–Crippen LogP) is 3.28. The normalized spacial score (nSPS) is 19.4. The highest BCUT2D eigenvalue weighted by atomic mass is 16.5. The minimum Gasteiger partial charge on any atom is -0.489 e. The molecule has 2 rings (SSSR count). The molecule has 19 heavy (non-hydrogen) atoms. The first kappa shape index (κ1) is 14.2. The Bertz CT molecular complexity index is 373. The molecule has 3 heteroatoms. The number of rotatable bonds is 6. The maximum Gasteiger partial charge on any atom is 0.142 e. The van der Waals surface area contributed by atoms with Crippen molar-refractivity contribution in [2.75, 3.05) is 25.0 Å². The number of nitrogens with one attached hydrogen (secondary N) is 2. The lowest BCUT2D eigenvalue weighted by Gasteiger charge is -2.23. The number of piperidine rings is 1. The summed E-state index contributed by atoms with van der Waals surface area (Å²) in [6, 6.07) is 8.20. The van der Waals surface area contributed by atoms with Crippen molar-refractivity contribution in [2.24, 2.45) is 5.92 Å². The van der Waals surface area contributed by atoms with Crippen molar-refractivity contribution in [1.29, 1.82) is 0 Å². The van der Waals surface area contributed by atoms with Gasteiger partial charge >= 0.3 is 0 Å². The summed E-state index contributed by atoms with van der Waals surface area (Å²) in [5.74, 6) is 1.78. The molecule has 1 aromatic rings. The van der Waals surface area contributed by atoms with E-state index in [1.54, 1.807) is 0 Å². The number of ether oxygens (including phenoxy) is 1. The first-order valence-corrected chi connectivity index (χ1v) is 7.46. The Hall–Kier alpha value is -1.22. The second kappa shape index (κ2) is 7.39. The van der Waals surface area contributed by atoms with Gasteiger partial charge in [-0.1, -0.05) is 12.1 Å². The summed E-state index contributed by atoms with van der Waals surface area (Å²) in [6.45, 7) is 7.50. The van der Waals surface area contributed by atoms with Crippen LogP contribution in [0.3, 0.4) is 0 Å². The summed E-state index contributed by atoms with van der Waals surface area (Å²) >= 11 is 0. The van der Waals surface area contributed by atoms with E-state index >= 15 is 0 Å². The molecule has 106 valence electrons. The zero-order valence-electron chi connectivity index (χ0n) is 12.1. The molecular weight excluding hydrogens is 236 g/mol. The van der Waals surface area contributed by atoms with Gasteiger partial charge in [-0.2, -0.15) is 0 Å². The van der Waals surface area contributed by atoms with Crippen molar-refractivity contribution in [3.05, 3.63) is 24.3 Å². The van der Waals surface area contributed by atoms with Crippen LogP contribution in [-0.2, 0) is 0 Å². The Labute approximate surface area is 116 Å². The molecule has 0 bridgehead atoms. The van der Waals surface area contributed by atoms with Crippen LogP contribution in [0.15, 0.2) is 24.3 Å². The Morgan fingerprint density at radius 1 is 1.37 bits per heavy atom. The van der Waals surface area contributed by atoms with Gasteiger partial charge in [0.25, 0.3) is 0 Å². The fourth-order valence-electron chi connectivity index (χ4n) is 2.55. The topological polar surface area (TPSA) is 33.3 Å². The van der Waals surface area contributed by atoms with Gasteiger partial charge in [0.15, 0.2) is 0 Å². The number of benzene rings is 1. The Morgan fingerprint density at radius 2 is 2.21 bits per heavy atom. The predicted molar refractivity (Wildman–Crippen MR) is 80.9 cm³/mol. The summed E-state index contributed by atoms with van der Waals surface area (Å²) in [7, 11) is 0. The number of para-hydroxylation sites is 2. The van der Waals surface area contributed by atoms with Crippen molar-refractivity contribution < 1.29 is 4.74 Å². The largest absolute Gasteiger partial charge is 0.489 e. The van der Waals surface area contributed by atoms with Crippen LogP contribution < -0.4 is 15.4 Å². The van der Waals surface area contributed by atoms with Crippen molar-refractivity contribution in [3.63, 3.8) is 0 Å². The van der Waals surface area contributed by atoms with E-state index in [-0.39, 0.29) is 6.10 Å². The highest BCUT2D eigenvalue weighted by Gasteiger charge is 2.12. The molecule has 0 amide bonds. The van der Waals surface area contributed by atoms with Crippen LogP contribution in [0.4, 0.5) is 5.69 Å². The van der Waals surface area contributed by atoms with Gasteiger partial charge in [-0.15, -0.1) is 0 Å². The minimum atomic E-state index is 0.213. The van der Waals surface area contributed by atoms with Gasteiger partial charge in [0.05, 0.1) is 11.8 Å². The number of hydrogen-bond acceptors (Lipinski definition) is 3. The van der Waals surface area contributed by atoms with E-state index < -0.39 is 0 Å². The molecule has 3 nitrogen and oxygen atoms in total. The molecule has 1 aromatic carbocycles. The molecule has 1 heterocycles. The molecule has 0 spiro atoms. The maximum absolute atomic E-state index is 5.81. The standard InChI is InChI=1S/C16H26N2O/c1-13(2)19-16-8-4-3-7-15(16)18-11-9-14-6-5-10-17-12-14/h3-4,7-8,13-14,17-18H,5-6,9-12H2,1-2H3. The fourth-order valence-corrected chi connectivity index (χ4v) is 2.55. The molecule has 0 radical (unpaired) electrons. The first-order valence-electron chi connectivity index (χ1n) is 7.46. The molecule has 1 aliphatic rings. The summed E-state index contributed by atoms with van der Waals surface area (Å²) in [5, 5.41) is 6.98. The quantitative estimate of drug-likeness (QED) is 0.825. The van der Waals surface area contributed by atoms with Crippen molar-refractivity contribution in [2.45, 2.75) is 39.2 Å². The molecule has 1 aliphatic heterocycles. The summed E-state index contributed by atoms with van der Waals surface area (Å²) in [5.41, 5.74) is 1.11. The average Bonchev–Trinajstić information content (AvgIpc) is 2.41. The van der Waals surface area contributed by atoms with Gasteiger partial charge in [0.2, 0.25) is 0 Å². The molecule has 0 aromatic heterocycles. The Balaban J connectivity index is 1.81. The van der Waals surface area contributed by atoms with Gasteiger partial charge in [-0.05, 0) is 64.3 Å². The third-order valence-corrected chi connectivity index (χ3v) is 3.52. The van der Waals surface area contributed by atoms with Crippen molar-refractivity contribution >= 4 is 5.69 Å². The smallest absolute Gasteiger partial charge is 0.142 e. The van der Waals surface area contributed by atoms with Crippen LogP contribution in [0.5, 0.6) is 5.75 Å². The highest BCUT2D eigenvalue weighted by Crippen LogP contribution is 2.25. The van der Waals surface area contributed by atoms with E-state index in [1.807, 2.05) is 12.1 Å². The SMILES string of the molecule is CC(C)Oc1ccccc1NCCC1CCCNC1. The van der Waals surface area contributed by atoms with Gasteiger partial charge in [-0.3, -0.25) is 0 Å². The number of hydrogen-bond donors (Lipinski definition) is 2. The van der Waals surface area contributed by atoms with E-state index in [0.29, 0.717) is 0 Å². The molecule has 2 N–H and O–H groups in total. The third kappa shape index (κ3) is 4.75. The monoisotopic (exact) mass is 262 g/mol. The lowest BCUT2D eigenvalue weighted by Crippen LogP contribution is -2.30. The van der Waals surface area contributed by atoms with Crippen LogP contribution >= 0.6 is 0 Å². The van der Waals surface area contributed by atoms with Crippen LogP contribution in [0, 0.1) is 5.92 Å². The van der Waals surface area contributed by atoms with E-state index in [2.05, 4.69) is 36.6 Å². The van der Waals surface area contributed by atoms with Crippen LogP contribution in [0.1, 0.15) is 33.1 Å². The van der Waals surface area contributed by atoms with Crippen molar-refractivity contribution in [3.8, 4) is 5.75 Å². The van der Waals surface area contributed by atoms with E-state index in [4.69, 9.17) is 4.74 Å². The Morgan fingerprint density at radius 3 is 2.95 bits per heavy atom. The average molecular weight is 262 g/mol. The summed E-state index contributed by atoms with van der Waals surface area (Å²) in [4.78, 5) is 0. The zero-order valence-corrected chi connectivity index (χ0v) is 12.1. The summed E-state index contributed by atoms with van der Waals surface area (Å²) < 4.78 is 5.81. The number of anilines is 1. The third-order valence-electron chi connectivity index (χ3n) is 3.52. The second-order valence-corrected chi connectivity index (χ2v) is 5.59. The molecule has 0 aliphatic carbocycles. The van der Waals surface area contributed by atoms with Crippen LogP contribution in [0.2, 0.25) is 0 Å². The molecule has 1 unspecified atom stereocenters. The lowest BCUT2D eigenvalue weighted by molar-refractivity contribution is 0.243. The van der Waals surface area contributed by atoms with Gasteiger partial charge in [-0.25, -0.2) is 0 Å². The molecule has 1 atom stereocenters. The first-order chi connectivity index (χ1) is 9.25. The highest BCUT2D eigenvalue weighted by molar-refractivity contribution is 5.56. The summed E-state index contributed by atoms with van der Waals surface area (Å²) in [6.07, 6.45) is 4.12. The zero-order chi connectivity index (χ0) is 13.5. The molecule has 0 saturated carbocycles. The molecule has 1 fully saturated rings. The van der Waals surface area contributed by atoms with E-state index in [1.165, 1.54) is 32.4 Å². The van der Waals surface area contributed by atoms with Gasteiger partial charge in [0.1, 0.15) is 5.75 Å². The Kier molecular flexibility index (Phi) is 5.52. The van der Waals surface area contributed by atoms with Gasteiger partial charge < -0.3 is 15.4 Å². The van der Waals surface area contributed by atoms with E-state index in [0.717, 1.165) is 23.9 Å². The lowest BCUT2D eigenvalue weighted by atomic mass is 9.96. The fraction of sp³-hybridized carbons (Fsp3) is 0.625. The molecular formula is C16H26N2O. The second-order valence-electron chi connectivity index (χ2n) is 5.59. The van der Waals surface area contributed by atoms with Gasteiger partial charge in [0, 0.05) is 6.54 Å². The minimum absolute atomic E-state index is 0.213. The molecule has 1 saturated heterocycles.